The Morgan fingerprint density at radius 1 is 1.19 bits per heavy atom. The molecule has 1 atom stereocenters. The molecule has 0 bridgehead atoms. The van der Waals surface area contributed by atoms with Crippen molar-refractivity contribution in [3.05, 3.63) is 23.3 Å². The molecule has 0 aliphatic heterocycles. The second kappa shape index (κ2) is 6.03. The van der Waals surface area contributed by atoms with E-state index < -0.39 is 0 Å². The average molecular weight is 220 g/mol. The summed E-state index contributed by atoms with van der Waals surface area (Å²) in [6, 6.07) is 0. The maximum Gasteiger partial charge on any atom is 0.158 e. The quantitative estimate of drug-likeness (QED) is 0.602. The Balaban J connectivity index is 2.85. The lowest BCUT2D eigenvalue weighted by Gasteiger charge is -2.19. The van der Waals surface area contributed by atoms with Crippen LogP contribution in [0.15, 0.2) is 23.3 Å². The van der Waals surface area contributed by atoms with Crippen LogP contribution in [0.1, 0.15) is 53.4 Å². The zero-order chi connectivity index (χ0) is 12.1. The third-order valence-electron chi connectivity index (χ3n) is 3.44. The molecule has 0 heterocycles. The molecule has 0 amide bonds. The maximum atomic E-state index is 12.1. The number of ketones is 1. The molecule has 0 aromatic rings. The van der Waals surface area contributed by atoms with Crippen molar-refractivity contribution in [2.24, 2.45) is 11.8 Å². The van der Waals surface area contributed by atoms with Gasteiger partial charge in [-0.3, -0.25) is 4.79 Å². The van der Waals surface area contributed by atoms with Crippen molar-refractivity contribution in [3.8, 4) is 0 Å². The lowest BCUT2D eigenvalue weighted by molar-refractivity contribution is -0.119. The normalized spacial score (nSPS) is 30.6. The summed E-state index contributed by atoms with van der Waals surface area (Å²) in [6.45, 7) is 8.55. The van der Waals surface area contributed by atoms with E-state index in [1.165, 1.54) is 11.1 Å². The summed E-state index contributed by atoms with van der Waals surface area (Å²) in [7, 11) is 0. The molecule has 0 radical (unpaired) electrons. The Hall–Kier alpha value is -0.850. The second-order valence-corrected chi connectivity index (χ2v) is 5.37. The number of carbonyl (C=O) groups excluding carboxylic acids is 1. The van der Waals surface area contributed by atoms with E-state index in [1.54, 1.807) is 0 Å². The van der Waals surface area contributed by atoms with Gasteiger partial charge in [0.2, 0.25) is 0 Å². The van der Waals surface area contributed by atoms with E-state index in [0.717, 1.165) is 25.7 Å². The first kappa shape index (κ1) is 13.2. The molecule has 1 rings (SSSR count). The van der Waals surface area contributed by atoms with E-state index in [-0.39, 0.29) is 5.92 Å². The lowest BCUT2D eigenvalue weighted by Crippen LogP contribution is -2.19. The number of hydrogen-bond acceptors (Lipinski definition) is 1. The van der Waals surface area contributed by atoms with Crippen molar-refractivity contribution in [2.45, 2.75) is 53.4 Å². The van der Waals surface area contributed by atoms with Crippen molar-refractivity contribution >= 4 is 5.78 Å². The minimum Gasteiger partial charge on any atom is -0.295 e. The average Bonchev–Trinajstić information content (AvgIpc) is 2.16. The molecule has 0 saturated carbocycles. The van der Waals surface area contributed by atoms with Crippen molar-refractivity contribution in [1.82, 2.24) is 0 Å². The molecule has 0 N–H and O–H groups in total. The highest BCUT2D eigenvalue weighted by molar-refractivity contribution is 5.92. The summed E-state index contributed by atoms with van der Waals surface area (Å²) in [5, 5.41) is 0. The number of carbonyl (C=O) groups is 1. The molecule has 0 aromatic heterocycles. The van der Waals surface area contributed by atoms with Gasteiger partial charge in [0.1, 0.15) is 0 Å². The molecule has 1 heteroatoms. The third-order valence-corrected chi connectivity index (χ3v) is 3.44. The molecule has 1 aliphatic carbocycles. The van der Waals surface area contributed by atoms with Crippen LogP contribution in [0.2, 0.25) is 0 Å². The highest BCUT2D eigenvalue weighted by atomic mass is 16.1. The van der Waals surface area contributed by atoms with Crippen LogP contribution in [-0.4, -0.2) is 5.78 Å². The van der Waals surface area contributed by atoms with Crippen LogP contribution < -0.4 is 0 Å². The Morgan fingerprint density at radius 3 is 2.50 bits per heavy atom. The van der Waals surface area contributed by atoms with E-state index >= 15 is 0 Å². The van der Waals surface area contributed by atoms with Crippen molar-refractivity contribution in [1.29, 1.82) is 0 Å². The summed E-state index contributed by atoms with van der Waals surface area (Å²) in [4.78, 5) is 12.1. The predicted octanol–water partition coefficient (Wildman–Crippen LogP) is 4.29. The highest BCUT2D eigenvalue weighted by Crippen LogP contribution is 2.24. The Bertz CT molecular complexity index is 307. The van der Waals surface area contributed by atoms with Crippen LogP contribution in [-0.2, 0) is 4.79 Å². The first-order chi connectivity index (χ1) is 7.50. The van der Waals surface area contributed by atoms with Gasteiger partial charge >= 0.3 is 0 Å². The molecule has 0 unspecified atom stereocenters. The molecular weight excluding hydrogens is 196 g/mol. The molecule has 16 heavy (non-hydrogen) atoms. The van der Waals surface area contributed by atoms with Crippen LogP contribution in [0.4, 0.5) is 0 Å². The summed E-state index contributed by atoms with van der Waals surface area (Å²) in [5.41, 5.74) is 2.66. The van der Waals surface area contributed by atoms with Crippen molar-refractivity contribution < 1.29 is 4.79 Å². The van der Waals surface area contributed by atoms with Gasteiger partial charge in [0.15, 0.2) is 5.78 Å². The minimum atomic E-state index is 0.205. The SMILES string of the molecule is C/C1=C/C(=O)[C@H](C(C)C)CC/C(C)=C\CC1. The Labute approximate surface area is 99.6 Å². The Morgan fingerprint density at radius 2 is 1.88 bits per heavy atom. The summed E-state index contributed by atoms with van der Waals surface area (Å²) in [6.07, 6.45) is 8.37. The van der Waals surface area contributed by atoms with E-state index in [4.69, 9.17) is 0 Å². The van der Waals surface area contributed by atoms with Crippen LogP contribution in [0.3, 0.4) is 0 Å². The van der Waals surface area contributed by atoms with Crippen molar-refractivity contribution in [3.63, 3.8) is 0 Å². The van der Waals surface area contributed by atoms with Gasteiger partial charge in [0, 0.05) is 5.92 Å². The fourth-order valence-electron chi connectivity index (χ4n) is 2.26. The van der Waals surface area contributed by atoms with Gasteiger partial charge in [-0.15, -0.1) is 0 Å². The number of allylic oxidation sites excluding steroid dienone is 4. The zero-order valence-electron chi connectivity index (χ0n) is 11.0. The van der Waals surface area contributed by atoms with Crippen LogP contribution >= 0.6 is 0 Å². The lowest BCUT2D eigenvalue weighted by atomic mass is 9.84. The zero-order valence-corrected chi connectivity index (χ0v) is 11.0. The van der Waals surface area contributed by atoms with Crippen LogP contribution in [0.25, 0.3) is 0 Å². The van der Waals surface area contributed by atoms with Gasteiger partial charge in [0.25, 0.3) is 0 Å². The topological polar surface area (TPSA) is 17.1 Å². The van der Waals surface area contributed by atoms with Gasteiger partial charge in [0.05, 0.1) is 0 Å². The van der Waals surface area contributed by atoms with Gasteiger partial charge in [-0.2, -0.15) is 0 Å². The summed E-state index contributed by atoms with van der Waals surface area (Å²) >= 11 is 0. The molecule has 90 valence electrons. The Kier molecular flexibility index (Phi) is 4.98. The third kappa shape index (κ3) is 3.96. The predicted molar refractivity (Wildman–Crippen MR) is 69.3 cm³/mol. The molecule has 0 saturated heterocycles. The summed E-state index contributed by atoms with van der Waals surface area (Å²) < 4.78 is 0. The van der Waals surface area contributed by atoms with Crippen molar-refractivity contribution in [2.75, 3.05) is 0 Å². The molecular formula is C15H24O. The standard InChI is InChI=1S/C15H24O/c1-11(2)14-9-8-12(3)6-5-7-13(4)10-15(14)16/h6,10-11,14H,5,7-9H2,1-4H3/b12-6-,13-10-/t14-/m0/s1. The van der Waals surface area contributed by atoms with Gasteiger partial charge in [-0.25, -0.2) is 0 Å². The fourth-order valence-corrected chi connectivity index (χ4v) is 2.26. The first-order valence-electron chi connectivity index (χ1n) is 6.37. The smallest absolute Gasteiger partial charge is 0.158 e. The molecule has 1 nitrogen and oxygen atoms in total. The highest BCUT2D eigenvalue weighted by Gasteiger charge is 2.20. The number of hydrogen-bond donors (Lipinski definition) is 0. The number of rotatable bonds is 1. The molecule has 1 aliphatic rings. The van der Waals surface area contributed by atoms with E-state index in [2.05, 4.69) is 33.8 Å². The van der Waals surface area contributed by atoms with Gasteiger partial charge in [-0.05, 0) is 51.5 Å². The van der Waals surface area contributed by atoms with Crippen LogP contribution in [0, 0.1) is 11.8 Å². The molecule has 0 aromatic carbocycles. The monoisotopic (exact) mass is 220 g/mol. The maximum absolute atomic E-state index is 12.1. The van der Waals surface area contributed by atoms with E-state index in [1.807, 2.05) is 6.08 Å². The van der Waals surface area contributed by atoms with E-state index in [9.17, 15) is 4.79 Å². The van der Waals surface area contributed by atoms with Crippen LogP contribution in [0.5, 0.6) is 0 Å². The largest absolute Gasteiger partial charge is 0.295 e. The van der Waals surface area contributed by atoms with Gasteiger partial charge in [-0.1, -0.05) is 31.1 Å². The fraction of sp³-hybridized carbons (Fsp3) is 0.667. The second-order valence-electron chi connectivity index (χ2n) is 5.37. The summed E-state index contributed by atoms with van der Waals surface area (Å²) in [5.74, 6) is 0.988. The minimum absolute atomic E-state index is 0.205. The molecule has 0 fully saturated rings. The van der Waals surface area contributed by atoms with E-state index in [0.29, 0.717) is 11.7 Å². The first-order valence-corrected chi connectivity index (χ1v) is 6.37. The van der Waals surface area contributed by atoms with Gasteiger partial charge < -0.3 is 0 Å². The molecule has 0 spiro atoms.